The minimum Gasteiger partial charge on any atom is -0.493 e. The van der Waals surface area contributed by atoms with Crippen LogP contribution >= 0.6 is 0 Å². The van der Waals surface area contributed by atoms with E-state index in [2.05, 4.69) is 20.1 Å². The van der Waals surface area contributed by atoms with E-state index in [0.717, 1.165) is 43.8 Å². The number of carbonyl (C=O) groups is 1. The largest absolute Gasteiger partial charge is 0.573 e. The molecule has 0 bridgehead atoms. The van der Waals surface area contributed by atoms with E-state index in [1.54, 1.807) is 0 Å². The van der Waals surface area contributed by atoms with E-state index in [1.807, 2.05) is 0 Å². The second-order valence-corrected chi connectivity index (χ2v) is 6.44. The van der Waals surface area contributed by atoms with Crippen LogP contribution in [-0.2, 0) is 6.18 Å². The lowest BCUT2D eigenvalue weighted by atomic mass is 10.1. The number of amides is 1. The summed E-state index contributed by atoms with van der Waals surface area (Å²) in [5, 5.41) is 4.20. The lowest BCUT2D eigenvalue weighted by molar-refractivity contribution is -0.564. The molecule has 0 radical (unpaired) electrons. The van der Waals surface area contributed by atoms with Gasteiger partial charge in [-0.25, -0.2) is 9.37 Å². The van der Waals surface area contributed by atoms with Crippen LogP contribution in [0.5, 0.6) is 23.0 Å². The first-order valence-corrected chi connectivity index (χ1v) is 9.08. The van der Waals surface area contributed by atoms with Crippen LogP contribution < -0.4 is 24.1 Å². The Morgan fingerprint density at radius 2 is 1.80 bits per heavy atom. The van der Waals surface area contributed by atoms with Crippen molar-refractivity contribution in [2.75, 3.05) is 12.4 Å². The monoisotopic (exact) mass is 509 g/mol. The van der Waals surface area contributed by atoms with Crippen LogP contribution in [0.1, 0.15) is 16.1 Å². The summed E-state index contributed by atoms with van der Waals surface area (Å²) in [7, 11) is 1.03. The molecule has 0 aliphatic heterocycles. The normalized spacial score (nSPS) is 11.7. The van der Waals surface area contributed by atoms with Gasteiger partial charge in [-0.05, 0) is 12.1 Å². The lowest BCUT2D eigenvalue weighted by Gasteiger charge is -2.17. The number of pyridine rings is 1. The van der Waals surface area contributed by atoms with Gasteiger partial charge in [-0.1, -0.05) is 0 Å². The third-order valence-electron chi connectivity index (χ3n) is 4.06. The average molecular weight is 509 g/mol. The molecule has 1 amide bonds. The zero-order valence-corrected chi connectivity index (χ0v) is 17.1. The van der Waals surface area contributed by atoms with Crippen LogP contribution in [0, 0.1) is 10.7 Å². The fourth-order valence-electron chi connectivity index (χ4n) is 2.65. The number of hydrogen-bond donors (Lipinski definition) is 2. The van der Waals surface area contributed by atoms with Crippen molar-refractivity contribution in [1.82, 2.24) is 10.1 Å². The zero-order valence-electron chi connectivity index (χ0n) is 17.1. The van der Waals surface area contributed by atoms with Crippen LogP contribution in [0.15, 0.2) is 42.9 Å². The molecule has 0 saturated carbocycles. The van der Waals surface area contributed by atoms with Crippen molar-refractivity contribution in [1.29, 1.82) is 0 Å². The van der Waals surface area contributed by atoms with Gasteiger partial charge in [0.05, 0.1) is 30.1 Å². The molecular formula is C19H12F7N4O5+. The highest BCUT2D eigenvalue weighted by Crippen LogP contribution is 2.39. The fourth-order valence-corrected chi connectivity index (χ4v) is 2.65. The van der Waals surface area contributed by atoms with E-state index >= 15 is 0 Å². The number of anilines is 1. The van der Waals surface area contributed by atoms with Crippen LogP contribution in [0.25, 0.3) is 0 Å². The van der Waals surface area contributed by atoms with Crippen LogP contribution in [0.2, 0.25) is 0 Å². The van der Waals surface area contributed by atoms with E-state index < -0.39 is 58.5 Å². The number of hydrogen-bond acceptors (Lipinski definition) is 6. The van der Waals surface area contributed by atoms with Gasteiger partial charge in [0.25, 0.3) is 12.1 Å². The van der Waals surface area contributed by atoms with Crippen LogP contribution in [0.4, 0.5) is 36.4 Å². The molecule has 0 fully saturated rings. The number of benzene rings is 1. The fraction of sp³-hybridized carbons (Fsp3) is 0.158. The van der Waals surface area contributed by atoms with Gasteiger partial charge in [0.15, 0.2) is 33.3 Å². The van der Waals surface area contributed by atoms with E-state index in [0.29, 0.717) is 6.20 Å². The molecule has 2 heterocycles. The van der Waals surface area contributed by atoms with E-state index in [4.69, 9.17) is 9.47 Å². The number of alkyl halides is 6. The van der Waals surface area contributed by atoms with Gasteiger partial charge in [-0.2, -0.15) is 13.2 Å². The summed E-state index contributed by atoms with van der Waals surface area (Å²) in [6.07, 6.45) is -8.02. The number of nitrogens with zero attached hydrogens (tertiary/aromatic N) is 2. The molecule has 1 aromatic carbocycles. The lowest BCUT2D eigenvalue weighted by Crippen LogP contribution is -2.22. The number of ether oxygens (including phenoxy) is 3. The van der Waals surface area contributed by atoms with Gasteiger partial charge in [-0.15, -0.1) is 18.3 Å². The zero-order chi connectivity index (χ0) is 26.0. The molecule has 0 aliphatic rings. The Bertz CT molecular complexity index is 1290. The first kappa shape index (κ1) is 25.3. The summed E-state index contributed by atoms with van der Waals surface area (Å²) < 4.78 is 106. The van der Waals surface area contributed by atoms with E-state index in [-0.39, 0.29) is 10.2 Å². The summed E-state index contributed by atoms with van der Waals surface area (Å²) in [5.74, 6) is -5.84. The Balaban J connectivity index is 2.04. The quantitative estimate of drug-likeness (QED) is 0.376. The first-order valence-electron chi connectivity index (χ1n) is 9.08. The van der Waals surface area contributed by atoms with Crippen molar-refractivity contribution in [3.05, 3.63) is 64.8 Å². The Morgan fingerprint density at radius 3 is 2.37 bits per heavy atom. The predicted molar refractivity (Wildman–Crippen MR) is 101 cm³/mol. The molecule has 0 aliphatic carbocycles. The third kappa shape index (κ3) is 6.15. The van der Waals surface area contributed by atoms with Crippen molar-refractivity contribution in [2.24, 2.45) is 0 Å². The van der Waals surface area contributed by atoms with Crippen molar-refractivity contribution in [3.63, 3.8) is 0 Å². The molecule has 3 rings (SSSR count). The number of methoxy groups -OCH3 is 1. The molecule has 35 heavy (non-hydrogen) atoms. The third-order valence-corrected chi connectivity index (χ3v) is 4.06. The van der Waals surface area contributed by atoms with Gasteiger partial charge >= 0.3 is 12.5 Å². The van der Waals surface area contributed by atoms with Gasteiger partial charge in [-0.3, -0.25) is 4.79 Å². The molecule has 0 spiro atoms. The molecule has 0 unspecified atom stereocenters. The molecule has 2 aromatic heterocycles. The molecule has 186 valence electrons. The Kier molecular flexibility index (Phi) is 6.84. The average Bonchev–Trinajstić information content (AvgIpc) is 2.74. The van der Waals surface area contributed by atoms with Gasteiger partial charge in [0, 0.05) is 12.1 Å². The summed E-state index contributed by atoms with van der Waals surface area (Å²) in [5.41, 5.74) is -3.37. The summed E-state index contributed by atoms with van der Waals surface area (Å²) in [4.78, 5) is 26.7. The first-order chi connectivity index (χ1) is 16.3. The standard InChI is InChI=1S/C19H11F7N4O5/c1-33-12-6-10(35-19(24,25)26)2-3-11(12)34-13-8-27-16(18(21,22)23)15(20)14(13)17(31)29-9-4-5-30(32)28-7-9/h2-8H,1H3,(H-,27,28,29,31,32)/p+1. The molecule has 0 atom stereocenters. The highest BCUT2D eigenvalue weighted by molar-refractivity contribution is 6.06. The molecule has 9 nitrogen and oxygen atoms in total. The van der Waals surface area contributed by atoms with Gasteiger partial charge < -0.3 is 19.5 Å². The molecule has 2 N–H and O–H groups in total. The number of carbonyl (C=O) groups excluding carboxylic acids is 1. The minimum atomic E-state index is -5.28. The second-order valence-electron chi connectivity index (χ2n) is 6.44. The number of nitrogens with one attached hydrogen (secondary N) is 2. The molecule has 16 heteroatoms. The molecule has 3 aromatic rings. The highest BCUT2D eigenvalue weighted by Gasteiger charge is 2.39. The number of halogens is 7. The van der Waals surface area contributed by atoms with Crippen LogP contribution in [0.3, 0.4) is 0 Å². The summed E-state index contributed by atoms with van der Waals surface area (Å²) in [6, 6.07) is 3.48. The maximum atomic E-state index is 14.8. The number of rotatable bonds is 6. The van der Waals surface area contributed by atoms with E-state index in [1.165, 1.54) is 0 Å². The van der Waals surface area contributed by atoms with Crippen molar-refractivity contribution < 1.29 is 54.3 Å². The Hall–Kier alpha value is -4.37. The van der Waals surface area contributed by atoms with Crippen molar-refractivity contribution in [3.8, 4) is 23.0 Å². The SMILES string of the molecule is COc1cc(OC(F)(F)F)ccc1Oc1cnc(C(F)(F)F)c(F)c1C(=O)Nc1cc[n+](=O)[nH]c1. The highest BCUT2D eigenvalue weighted by atomic mass is 19.4. The topological polar surface area (TPSA) is 108 Å². The Labute approximate surface area is 189 Å². The van der Waals surface area contributed by atoms with Gasteiger partial charge in [0.2, 0.25) is 0 Å². The molecular weight excluding hydrogens is 497 g/mol. The van der Waals surface area contributed by atoms with Crippen LogP contribution in [-0.4, -0.2) is 29.5 Å². The predicted octanol–water partition coefficient (Wildman–Crippen LogP) is 4.43. The number of aromatic amines is 1. The van der Waals surface area contributed by atoms with Gasteiger partial charge in [0.1, 0.15) is 11.3 Å². The van der Waals surface area contributed by atoms with Crippen molar-refractivity contribution >= 4 is 11.6 Å². The number of aromatic nitrogens is 3. The maximum Gasteiger partial charge on any atom is 0.573 e. The van der Waals surface area contributed by atoms with Crippen molar-refractivity contribution in [2.45, 2.75) is 12.5 Å². The smallest absolute Gasteiger partial charge is 0.493 e. The van der Waals surface area contributed by atoms with E-state index in [9.17, 15) is 40.4 Å². The second kappa shape index (κ2) is 9.47. The number of H-pyrrole nitrogens is 1. The summed E-state index contributed by atoms with van der Waals surface area (Å²) in [6.45, 7) is 0. The molecule has 0 saturated heterocycles. The Morgan fingerprint density at radius 1 is 1.09 bits per heavy atom. The summed E-state index contributed by atoms with van der Waals surface area (Å²) >= 11 is 0. The maximum absolute atomic E-state index is 14.8. The minimum absolute atomic E-state index is 0.121.